The Morgan fingerprint density at radius 1 is 1.40 bits per heavy atom. The van der Waals surface area contributed by atoms with Crippen molar-refractivity contribution in [2.45, 2.75) is 38.1 Å². The summed E-state index contributed by atoms with van der Waals surface area (Å²) in [6.07, 6.45) is 4.86. The molecule has 1 aromatic rings. The molecular weight excluding hydrogens is 252 g/mol. The molecule has 1 aromatic carbocycles. The van der Waals surface area contributed by atoms with Crippen LogP contribution >= 0.6 is 0 Å². The molecule has 1 aliphatic heterocycles. The van der Waals surface area contributed by atoms with Crippen molar-refractivity contribution in [1.82, 2.24) is 10.6 Å². The zero-order chi connectivity index (χ0) is 14.2. The quantitative estimate of drug-likeness (QED) is 0.799. The molecule has 4 heteroatoms. The first kappa shape index (κ1) is 14.9. The average molecular weight is 276 g/mol. The third-order valence-corrected chi connectivity index (χ3v) is 3.78. The van der Waals surface area contributed by atoms with Crippen molar-refractivity contribution in [1.29, 1.82) is 0 Å². The molecule has 0 radical (unpaired) electrons. The molecule has 1 heterocycles. The van der Waals surface area contributed by atoms with E-state index in [4.69, 9.17) is 4.74 Å². The van der Waals surface area contributed by atoms with E-state index in [2.05, 4.69) is 10.6 Å². The molecular formula is C16H24N2O2. The molecule has 0 spiro atoms. The maximum atomic E-state index is 11.8. The van der Waals surface area contributed by atoms with Gasteiger partial charge in [0.15, 0.2) is 0 Å². The van der Waals surface area contributed by atoms with Gasteiger partial charge in [0, 0.05) is 19.0 Å². The molecule has 0 bridgehead atoms. The molecule has 110 valence electrons. The highest BCUT2D eigenvalue weighted by Gasteiger charge is 2.13. The summed E-state index contributed by atoms with van der Waals surface area (Å²) in [5.41, 5.74) is 1.17. The Balaban J connectivity index is 1.61. The van der Waals surface area contributed by atoms with Crippen LogP contribution in [0.2, 0.25) is 0 Å². The second-order valence-corrected chi connectivity index (χ2v) is 5.28. The van der Waals surface area contributed by atoms with E-state index in [0.29, 0.717) is 12.5 Å². The fraction of sp³-hybridized carbons (Fsp3) is 0.562. The lowest BCUT2D eigenvalue weighted by Gasteiger charge is -2.10. The van der Waals surface area contributed by atoms with Gasteiger partial charge in [0.2, 0.25) is 5.91 Å². The van der Waals surface area contributed by atoms with Crippen molar-refractivity contribution in [3.63, 3.8) is 0 Å². The molecule has 1 atom stereocenters. The van der Waals surface area contributed by atoms with Gasteiger partial charge in [0.1, 0.15) is 5.75 Å². The highest BCUT2D eigenvalue weighted by atomic mass is 16.5. The summed E-state index contributed by atoms with van der Waals surface area (Å²) in [7, 11) is 1.65. The van der Waals surface area contributed by atoms with Gasteiger partial charge in [-0.15, -0.1) is 0 Å². The predicted octanol–water partition coefficient (Wildman–Crippen LogP) is 1.89. The van der Waals surface area contributed by atoms with Crippen molar-refractivity contribution < 1.29 is 9.53 Å². The zero-order valence-corrected chi connectivity index (χ0v) is 12.2. The van der Waals surface area contributed by atoms with E-state index in [0.717, 1.165) is 31.7 Å². The maximum absolute atomic E-state index is 11.8. The van der Waals surface area contributed by atoms with Crippen molar-refractivity contribution in [3.8, 4) is 5.75 Å². The molecule has 4 nitrogen and oxygen atoms in total. The van der Waals surface area contributed by atoms with Gasteiger partial charge in [-0.3, -0.25) is 4.79 Å². The SMILES string of the molecule is COc1ccc(CCC(=O)NCC[C@@H]2CCCN2)cc1. The van der Waals surface area contributed by atoms with Crippen molar-refractivity contribution in [2.75, 3.05) is 20.2 Å². The third-order valence-electron chi connectivity index (χ3n) is 3.78. The van der Waals surface area contributed by atoms with Gasteiger partial charge in [-0.2, -0.15) is 0 Å². The normalized spacial score (nSPS) is 17.9. The Labute approximate surface area is 120 Å². The molecule has 0 saturated carbocycles. The number of hydrogen-bond acceptors (Lipinski definition) is 3. The molecule has 20 heavy (non-hydrogen) atoms. The van der Waals surface area contributed by atoms with E-state index in [-0.39, 0.29) is 5.91 Å². The first-order valence-electron chi connectivity index (χ1n) is 7.41. The van der Waals surface area contributed by atoms with Crippen molar-refractivity contribution >= 4 is 5.91 Å². The average Bonchev–Trinajstić information content (AvgIpc) is 2.99. The van der Waals surface area contributed by atoms with Gasteiger partial charge in [-0.05, 0) is 49.9 Å². The number of hydrogen-bond donors (Lipinski definition) is 2. The second kappa shape index (κ2) is 7.90. The number of amides is 1. The van der Waals surface area contributed by atoms with E-state index in [1.54, 1.807) is 7.11 Å². The van der Waals surface area contributed by atoms with Gasteiger partial charge in [-0.25, -0.2) is 0 Å². The van der Waals surface area contributed by atoms with Crippen LogP contribution in [0.5, 0.6) is 5.75 Å². The summed E-state index contributed by atoms with van der Waals surface area (Å²) in [6, 6.07) is 8.47. The number of carbonyl (C=O) groups excluding carboxylic acids is 1. The molecule has 1 fully saturated rings. The zero-order valence-electron chi connectivity index (χ0n) is 12.2. The van der Waals surface area contributed by atoms with Crippen LogP contribution in [0.15, 0.2) is 24.3 Å². The van der Waals surface area contributed by atoms with Crippen LogP contribution in [-0.4, -0.2) is 32.1 Å². The molecule has 0 unspecified atom stereocenters. The number of methoxy groups -OCH3 is 1. The standard InChI is InChI=1S/C16H24N2O2/c1-20-15-7-4-13(5-8-15)6-9-16(19)18-12-10-14-3-2-11-17-14/h4-5,7-8,14,17H,2-3,6,9-12H2,1H3,(H,18,19)/t14-/m0/s1. The molecule has 0 aromatic heterocycles. The minimum absolute atomic E-state index is 0.138. The van der Waals surface area contributed by atoms with Gasteiger partial charge in [0.25, 0.3) is 0 Å². The number of nitrogens with one attached hydrogen (secondary N) is 2. The fourth-order valence-electron chi connectivity index (χ4n) is 2.53. The van der Waals surface area contributed by atoms with E-state index in [9.17, 15) is 4.79 Å². The summed E-state index contributed by atoms with van der Waals surface area (Å²) in [5, 5.41) is 6.43. The monoisotopic (exact) mass is 276 g/mol. The second-order valence-electron chi connectivity index (χ2n) is 5.28. The topological polar surface area (TPSA) is 50.4 Å². The fourth-order valence-corrected chi connectivity index (χ4v) is 2.53. The van der Waals surface area contributed by atoms with Gasteiger partial charge in [0.05, 0.1) is 7.11 Å². The number of rotatable bonds is 7. The molecule has 2 rings (SSSR count). The van der Waals surface area contributed by atoms with Crippen molar-refractivity contribution in [2.24, 2.45) is 0 Å². The highest BCUT2D eigenvalue weighted by molar-refractivity contribution is 5.76. The van der Waals surface area contributed by atoms with Gasteiger partial charge < -0.3 is 15.4 Å². The van der Waals surface area contributed by atoms with E-state index < -0.39 is 0 Å². The lowest BCUT2D eigenvalue weighted by atomic mass is 10.1. The third kappa shape index (κ3) is 4.85. The van der Waals surface area contributed by atoms with Crippen molar-refractivity contribution in [3.05, 3.63) is 29.8 Å². The van der Waals surface area contributed by atoms with Crippen LogP contribution in [0.1, 0.15) is 31.2 Å². The first-order chi connectivity index (χ1) is 9.78. The van der Waals surface area contributed by atoms with Crippen LogP contribution in [0.25, 0.3) is 0 Å². The summed E-state index contributed by atoms with van der Waals surface area (Å²) >= 11 is 0. The Morgan fingerprint density at radius 2 is 2.20 bits per heavy atom. The van der Waals surface area contributed by atoms with E-state index in [1.165, 1.54) is 18.4 Å². The lowest BCUT2D eigenvalue weighted by Crippen LogP contribution is -2.30. The molecule has 2 N–H and O–H groups in total. The van der Waals surface area contributed by atoms with Crippen LogP contribution in [0.3, 0.4) is 0 Å². The Hall–Kier alpha value is -1.55. The lowest BCUT2D eigenvalue weighted by molar-refractivity contribution is -0.121. The minimum Gasteiger partial charge on any atom is -0.497 e. The number of carbonyl (C=O) groups is 1. The highest BCUT2D eigenvalue weighted by Crippen LogP contribution is 2.12. The number of benzene rings is 1. The summed E-state index contributed by atoms with van der Waals surface area (Å²) < 4.78 is 5.11. The van der Waals surface area contributed by atoms with Gasteiger partial charge >= 0.3 is 0 Å². The Bertz CT molecular complexity index is 411. The van der Waals surface area contributed by atoms with Gasteiger partial charge in [-0.1, -0.05) is 12.1 Å². The molecule has 0 aliphatic carbocycles. The molecule has 1 aliphatic rings. The van der Waals surface area contributed by atoms with E-state index in [1.807, 2.05) is 24.3 Å². The van der Waals surface area contributed by atoms with Crippen LogP contribution in [0.4, 0.5) is 0 Å². The van der Waals surface area contributed by atoms with Crippen LogP contribution in [0, 0.1) is 0 Å². The molecule has 1 amide bonds. The van der Waals surface area contributed by atoms with Crippen LogP contribution < -0.4 is 15.4 Å². The molecule has 1 saturated heterocycles. The summed E-state index contributed by atoms with van der Waals surface area (Å²) in [4.78, 5) is 11.8. The smallest absolute Gasteiger partial charge is 0.220 e. The summed E-state index contributed by atoms with van der Waals surface area (Å²) in [5.74, 6) is 0.987. The number of ether oxygens (including phenoxy) is 1. The first-order valence-corrected chi connectivity index (χ1v) is 7.41. The Kier molecular flexibility index (Phi) is 5.87. The minimum atomic E-state index is 0.138. The maximum Gasteiger partial charge on any atom is 0.220 e. The van der Waals surface area contributed by atoms with Crippen LogP contribution in [-0.2, 0) is 11.2 Å². The number of aryl methyl sites for hydroxylation is 1. The largest absolute Gasteiger partial charge is 0.497 e. The Morgan fingerprint density at radius 3 is 2.85 bits per heavy atom. The summed E-state index contributed by atoms with van der Waals surface area (Å²) in [6.45, 7) is 1.90. The predicted molar refractivity (Wildman–Crippen MR) is 80.0 cm³/mol. The van der Waals surface area contributed by atoms with E-state index >= 15 is 0 Å².